The third-order valence-corrected chi connectivity index (χ3v) is 9.34. The molecule has 1 aliphatic rings. The van der Waals surface area contributed by atoms with Crippen LogP contribution >= 0.6 is 0 Å². The van der Waals surface area contributed by atoms with E-state index in [1.807, 2.05) is 103 Å². The average Bonchev–Trinajstić information content (AvgIpc) is 3.54. The van der Waals surface area contributed by atoms with Crippen molar-refractivity contribution in [1.82, 2.24) is 9.55 Å². The Morgan fingerprint density at radius 2 is 1.36 bits per heavy atom. The van der Waals surface area contributed by atoms with Gasteiger partial charge in [-0.25, -0.2) is 4.79 Å². The number of aromatic nitrogens is 2. The Morgan fingerprint density at radius 1 is 0.811 bits per heavy atom. The lowest BCUT2D eigenvalue weighted by molar-refractivity contribution is -0.118. The molecule has 2 heterocycles. The lowest BCUT2D eigenvalue weighted by atomic mass is 9.80. The second kappa shape index (κ2) is 16.0. The molecule has 53 heavy (non-hydrogen) atoms. The largest absolute Gasteiger partial charge is 0.497 e. The van der Waals surface area contributed by atoms with E-state index in [-0.39, 0.29) is 30.9 Å². The van der Waals surface area contributed by atoms with Gasteiger partial charge in [-0.15, -0.1) is 0 Å². The number of ether oxygens (including phenoxy) is 5. The van der Waals surface area contributed by atoms with E-state index in [2.05, 4.69) is 31.1 Å². The van der Waals surface area contributed by atoms with Crippen LogP contribution in [0.25, 0.3) is 0 Å². The third-order valence-electron chi connectivity index (χ3n) is 9.34. The van der Waals surface area contributed by atoms with Crippen molar-refractivity contribution in [3.05, 3.63) is 148 Å². The highest BCUT2D eigenvalue weighted by Crippen LogP contribution is 2.42. The summed E-state index contributed by atoms with van der Waals surface area (Å²) in [4.78, 5) is 29.8. The minimum atomic E-state index is -1.11. The number of rotatable bonds is 13. The summed E-state index contributed by atoms with van der Waals surface area (Å²) in [6.07, 6.45) is -0.912. The Hall–Kier alpha value is -5.49. The van der Waals surface area contributed by atoms with E-state index >= 15 is 0 Å². The first-order valence-corrected chi connectivity index (χ1v) is 17.4. The van der Waals surface area contributed by atoms with E-state index in [4.69, 9.17) is 23.7 Å². The zero-order chi connectivity index (χ0) is 37.6. The Balaban J connectivity index is 1.16. The molecular weight excluding hydrogens is 674 g/mol. The SMILES string of the molecule is COc1ccc(C(OC[C@H]2O[C@@H](n3ccc(NC(=O)COc4ccc(C(C)(C)C)cc4)nc3=O)C[C@@H]2O)(c2ccccc2)c2ccc(OC)cc2)cc1. The molecule has 11 heteroatoms. The first-order chi connectivity index (χ1) is 25.5. The van der Waals surface area contributed by atoms with Crippen LogP contribution in [0.4, 0.5) is 5.82 Å². The van der Waals surface area contributed by atoms with Gasteiger partial charge < -0.3 is 34.1 Å². The van der Waals surface area contributed by atoms with Crippen molar-refractivity contribution in [3.63, 3.8) is 0 Å². The minimum absolute atomic E-state index is 0.00206. The number of methoxy groups -OCH3 is 2. The maximum Gasteiger partial charge on any atom is 0.351 e. The Morgan fingerprint density at radius 3 is 1.91 bits per heavy atom. The van der Waals surface area contributed by atoms with Gasteiger partial charge >= 0.3 is 5.69 Å². The molecule has 4 aromatic carbocycles. The molecular formula is C42H45N3O8. The van der Waals surface area contributed by atoms with Gasteiger partial charge in [-0.1, -0.05) is 87.5 Å². The topological polar surface area (TPSA) is 130 Å². The van der Waals surface area contributed by atoms with Crippen LogP contribution in [0, 0.1) is 0 Å². The van der Waals surface area contributed by atoms with Gasteiger partial charge in [-0.3, -0.25) is 9.36 Å². The summed E-state index contributed by atoms with van der Waals surface area (Å²) < 4.78 is 31.0. The smallest absolute Gasteiger partial charge is 0.351 e. The first kappa shape index (κ1) is 37.3. The number of carbonyl (C=O) groups is 1. The number of nitrogens with zero attached hydrogens (tertiary/aromatic N) is 2. The molecule has 276 valence electrons. The Kier molecular flexibility index (Phi) is 11.3. The quantitative estimate of drug-likeness (QED) is 0.136. The predicted molar refractivity (Wildman–Crippen MR) is 201 cm³/mol. The van der Waals surface area contributed by atoms with Crippen LogP contribution in [-0.4, -0.2) is 60.2 Å². The fourth-order valence-corrected chi connectivity index (χ4v) is 6.40. The van der Waals surface area contributed by atoms with E-state index < -0.39 is 35.6 Å². The summed E-state index contributed by atoms with van der Waals surface area (Å²) in [6, 6.07) is 34.2. The van der Waals surface area contributed by atoms with Gasteiger partial charge in [0.25, 0.3) is 5.91 Å². The highest BCUT2D eigenvalue weighted by atomic mass is 16.6. The molecule has 1 fully saturated rings. The van der Waals surface area contributed by atoms with E-state index in [0.717, 1.165) is 22.3 Å². The molecule has 1 amide bonds. The molecule has 0 spiro atoms. The van der Waals surface area contributed by atoms with Gasteiger partial charge in [-0.05, 0) is 70.1 Å². The molecule has 0 aliphatic carbocycles. The number of carbonyl (C=O) groups excluding carboxylic acids is 1. The van der Waals surface area contributed by atoms with Crippen molar-refractivity contribution in [1.29, 1.82) is 0 Å². The highest BCUT2D eigenvalue weighted by molar-refractivity contribution is 5.90. The number of hydrogen-bond donors (Lipinski definition) is 2. The van der Waals surface area contributed by atoms with Crippen LogP contribution in [-0.2, 0) is 25.3 Å². The van der Waals surface area contributed by atoms with Gasteiger partial charge in [0.1, 0.15) is 41.0 Å². The number of hydrogen-bond acceptors (Lipinski definition) is 9. The summed E-state index contributed by atoms with van der Waals surface area (Å²) in [7, 11) is 3.23. The molecule has 5 aromatic rings. The number of amides is 1. The summed E-state index contributed by atoms with van der Waals surface area (Å²) in [5, 5.41) is 13.8. The van der Waals surface area contributed by atoms with Gasteiger partial charge in [0.05, 0.1) is 26.9 Å². The molecule has 6 rings (SSSR count). The molecule has 1 aromatic heterocycles. The first-order valence-electron chi connectivity index (χ1n) is 17.4. The molecule has 2 N–H and O–H groups in total. The van der Waals surface area contributed by atoms with Crippen LogP contribution in [0.1, 0.15) is 55.7 Å². The fourth-order valence-electron chi connectivity index (χ4n) is 6.40. The molecule has 0 unspecified atom stereocenters. The molecule has 11 nitrogen and oxygen atoms in total. The number of aliphatic hydroxyl groups excluding tert-OH is 1. The number of benzene rings is 4. The van der Waals surface area contributed by atoms with Gasteiger partial charge in [0.15, 0.2) is 6.61 Å². The Labute approximate surface area is 309 Å². The van der Waals surface area contributed by atoms with Crippen LogP contribution in [0.15, 0.2) is 120 Å². The van der Waals surface area contributed by atoms with E-state index in [1.54, 1.807) is 14.2 Å². The van der Waals surface area contributed by atoms with Crippen molar-refractivity contribution in [2.75, 3.05) is 32.8 Å². The molecule has 0 saturated carbocycles. The predicted octanol–water partition coefficient (Wildman–Crippen LogP) is 6.23. The van der Waals surface area contributed by atoms with Crippen LogP contribution in [0.2, 0.25) is 0 Å². The maximum atomic E-state index is 13.1. The summed E-state index contributed by atoms with van der Waals surface area (Å²) >= 11 is 0. The molecule has 0 bridgehead atoms. The molecule has 1 saturated heterocycles. The van der Waals surface area contributed by atoms with Crippen molar-refractivity contribution in [2.24, 2.45) is 0 Å². The summed E-state index contributed by atoms with van der Waals surface area (Å²) in [6.45, 7) is 6.10. The van der Waals surface area contributed by atoms with Crippen molar-refractivity contribution < 1.29 is 33.6 Å². The normalized spacial score (nSPS) is 17.3. The van der Waals surface area contributed by atoms with Crippen LogP contribution in [0.5, 0.6) is 17.2 Å². The van der Waals surface area contributed by atoms with Crippen LogP contribution in [0.3, 0.4) is 0 Å². The third kappa shape index (κ3) is 8.44. The second-order valence-electron chi connectivity index (χ2n) is 13.9. The summed E-state index contributed by atoms with van der Waals surface area (Å²) in [5.41, 5.74) is 1.93. The van der Waals surface area contributed by atoms with Crippen molar-refractivity contribution >= 4 is 11.7 Å². The van der Waals surface area contributed by atoms with E-state index in [0.29, 0.717) is 17.2 Å². The van der Waals surface area contributed by atoms with Crippen molar-refractivity contribution in [3.8, 4) is 17.2 Å². The van der Waals surface area contributed by atoms with Crippen molar-refractivity contribution in [2.45, 2.75) is 56.6 Å². The number of anilines is 1. The molecule has 3 atom stereocenters. The fraction of sp³-hybridized carbons (Fsp3) is 0.310. The van der Waals surface area contributed by atoms with Gasteiger partial charge in [-0.2, -0.15) is 4.98 Å². The highest BCUT2D eigenvalue weighted by Gasteiger charge is 2.42. The summed E-state index contributed by atoms with van der Waals surface area (Å²) in [5.74, 6) is 1.56. The molecule has 0 radical (unpaired) electrons. The lowest BCUT2D eigenvalue weighted by Gasteiger charge is -2.37. The minimum Gasteiger partial charge on any atom is -0.497 e. The Bertz CT molecular complexity index is 1980. The lowest BCUT2D eigenvalue weighted by Crippen LogP contribution is -2.38. The monoisotopic (exact) mass is 719 g/mol. The second-order valence-corrected chi connectivity index (χ2v) is 13.9. The number of aliphatic hydroxyl groups is 1. The zero-order valence-electron chi connectivity index (χ0n) is 30.5. The molecule has 1 aliphatic heterocycles. The van der Waals surface area contributed by atoms with Crippen LogP contribution < -0.4 is 25.2 Å². The maximum absolute atomic E-state index is 13.1. The number of nitrogens with one attached hydrogen (secondary N) is 1. The van der Waals surface area contributed by atoms with E-state index in [1.165, 1.54) is 16.8 Å². The van der Waals surface area contributed by atoms with E-state index in [9.17, 15) is 14.7 Å². The zero-order valence-corrected chi connectivity index (χ0v) is 30.5. The van der Waals surface area contributed by atoms with Gasteiger partial charge in [0.2, 0.25) is 0 Å². The standard InChI is InChI=1S/C42H45N3O8/c1-41(2,3)28-11-21-34(22-12-28)51-27-38(47)43-37-23-24-45(40(48)44-37)39-25-35(46)36(53-39)26-52-42(29-9-7-6-8-10-29,30-13-17-32(49-4)18-14-30)31-15-19-33(50-5)20-16-31/h6-24,35-36,39,46H,25-27H2,1-5H3,(H,43,44,47,48)/t35-,36+,39+/m0/s1. The average molecular weight is 720 g/mol. The van der Waals surface area contributed by atoms with Gasteiger partial charge in [0, 0.05) is 12.6 Å².